The number of hydrogen-bond acceptors (Lipinski definition) is 4. The number of nitrogens with one attached hydrogen (secondary N) is 1. The Balaban J connectivity index is 1.79. The molecule has 25 heavy (non-hydrogen) atoms. The van der Waals surface area contributed by atoms with E-state index in [0.717, 1.165) is 47.7 Å². The van der Waals surface area contributed by atoms with Crippen molar-refractivity contribution in [2.75, 3.05) is 18.1 Å². The molecule has 1 aromatic heterocycles. The Hall–Kier alpha value is -2.08. The number of H-pyrrole nitrogens is 1. The van der Waals surface area contributed by atoms with E-state index >= 15 is 0 Å². The second kappa shape index (κ2) is 7.04. The van der Waals surface area contributed by atoms with Crippen molar-refractivity contribution in [1.82, 2.24) is 15.1 Å². The van der Waals surface area contributed by atoms with Gasteiger partial charge in [-0.3, -0.25) is 9.89 Å². The van der Waals surface area contributed by atoms with Gasteiger partial charge >= 0.3 is 0 Å². The van der Waals surface area contributed by atoms with Gasteiger partial charge in [0.05, 0.1) is 18.0 Å². The highest BCUT2D eigenvalue weighted by Gasteiger charge is 2.34. The van der Waals surface area contributed by atoms with Crippen molar-refractivity contribution in [1.29, 1.82) is 0 Å². The lowest BCUT2D eigenvalue weighted by atomic mass is 10.0. The molecule has 0 spiro atoms. The fraction of sp³-hybridized carbons (Fsp3) is 0.421. The quantitative estimate of drug-likeness (QED) is 0.918. The molecule has 3 heterocycles. The predicted octanol–water partition coefficient (Wildman–Crippen LogP) is 3.44. The second-order valence-corrected chi connectivity index (χ2v) is 7.68. The van der Waals surface area contributed by atoms with E-state index in [1.165, 1.54) is 0 Å². The Morgan fingerprint density at radius 1 is 1.24 bits per heavy atom. The van der Waals surface area contributed by atoms with Gasteiger partial charge in [-0.05, 0) is 36.3 Å². The number of carbonyl (C=O) groups excluding carboxylic acids is 1. The summed E-state index contributed by atoms with van der Waals surface area (Å²) >= 11 is 1.97. The monoisotopic (exact) mass is 354 g/mol. The first kappa shape index (κ1) is 16.4. The number of aryl methyl sites for hydroxylation is 1. The molecule has 6 heteroatoms. The third-order valence-electron chi connectivity index (χ3n) is 4.95. The molecular formula is C19H22N4OS. The maximum absolute atomic E-state index is 13.3. The third-order valence-corrected chi connectivity index (χ3v) is 6.00. The van der Waals surface area contributed by atoms with Crippen molar-refractivity contribution in [2.45, 2.75) is 32.2 Å². The predicted molar refractivity (Wildman–Crippen MR) is 102 cm³/mol. The molecule has 1 aromatic carbocycles. The smallest absolute Gasteiger partial charge is 0.260 e. The number of rotatable bonds is 3. The number of aromatic nitrogens is 2. The molecule has 2 aliphatic heterocycles. The molecule has 1 N–H and O–H groups in total. The number of hydrogen-bond donors (Lipinski definition) is 1. The first-order chi connectivity index (χ1) is 12.3. The first-order valence-electron chi connectivity index (χ1n) is 8.87. The molecule has 2 aromatic rings. The largest absolute Gasteiger partial charge is 0.329 e. The fourth-order valence-corrected chi connectivity index (χ4v) is 4.63. The summed E-state index contributed by atoms with van der Waals surface area (Å²) in [6, 6.07) is 10.4. The van der Waals surface area contributed by atoms with Crippen LogP contribution >= 0.6 is 11.8 Å². The number of aromatic amines is 1. The summed E-state index contributed by atoms with van der Waals surface area (Å²) in [5, 5.41) is 7.34. The lowest BCUT2D eigenvalue weighted by molar-refractivity contribution is 0.0704. The average molecular weight is 354 g/mol. The maximum atomic E-state index is 13.3. The van der Waals surface area contributed by atoms with Gasteiger partial charge in [-0.15, -0.1) is 0 Å². The van der Waals surface area contributed by atoms with Crippen molar-refractivity contribution >= 4 is 29.2 Å². The average Bonchev–Trinajstić information content (AvgIpc) is 3.02. The van der Waals surface area contributed by atoms with E-state index in [0.29, 0.717) is 17.9 Å². The third kappa shape index (κ3) is 3.11. The van der Waals surface area contributed by atoms with Crippen LogP contribution in [-0.2, 0) is 6.42 Å². The molecule has 1 saturated heterocycles. The van der Waals surface area contributed by atoms with Crippen LogP contribution in [0.5, 0.6) is 0 Å². The number of benzene rings is 1. The minimum atomic E-state index is 0.0761. The van der Waals surface area contributed by atoms with Crippen LogP contribution in [-0.4, -0.2) is 50.8 Å². The minimum Gasteiger partial charge on any atom is -0.329 e. The Morgan fingerprint density at radius 2 is 2.00 bits per heavy atom. The SMILES string of the molecule is CCc1[nH]nc2c1C(=O)N(C1CCSCC1)CC(c1ccccc1)=N2. The highest BCUT2D eigenvalue weighted by Crippen LogP contribution is 2.30. The molecular weight excluding hydrogens is 332 g/mol. The van der Waals surface area contributed by atoms with Crippen LogP contribution in [0.2, 0.25) is 0 Å². The van der Waals surface area contributed by atoms with Crippen LogP contribution in [0.3, 0.4) is 0 Å². The van der Waals surface area contributed by atoms with Gasteiger partial charge in [-0.25, -0.2) is 4.99 Å². The Morgan fingerprint density at radius 3 is 2.72 bits per heavy atom. The number of amides is 1. The van der Waals surface area contributed by atoms with E-state index in [-0.39, 0.29) is 11.9 Å². The first-order valence-corrected chi connectivity index (χ1v) is 10.0. The summed E-state index contributed by atoms with van der Waals surface area (Å²) in [7, 11) is 0. The zero-order valence-corrected chi connectivity index (χ0v) is 15.2. The Labute approximate surface area is 151 Å². The summed E-state index contributed by atoms with van der Waals surface area (Å²) in [4.78, 5) is 20.2. The lowest BCUT2D eigenvalue weighted by Crippen LogP contribution is -2.44. The summed E-state index contributed by atoms with van der Waals surface area (Å²) in [6.07, 6.45) is 2.85. The van der Waals surface area contributed by atoms with Crippen LogP contribution in [0.15, 0.2) is 35.3 Å². The normalized spacial score (nSPS) is 18.7. The van der Waals surface area contributed by atoms with E-state index in [9.17, 15) is 4.79 Å². The van der Waals surface area contributed by atoms with Crippen LogP contribution in [0.25, 0.3) is 0 Å². The van der Waals surface area contributed by atoms with Gasteiger partial charge < -0.3 is 4.90 Å². The van der Waals surface area contributed by atoms with E-state index in [4.69, 9.17) is 4.99 Å². The zero-order valence-electron chi connectivity index (χ0n) is 14.4. The highest BCUT2D eigenvalue weighted by atomic mass is 32.2. The van der Waals surface area contributed by atoms with Gasteiger partial charge in [0, 0.05) is 6.04 Å². The van der Waals surface area contributed by atoms with Gasteiger partial charge in [0.1, 0.15) is 5.56 Å². The zero-order chi connectivity index (χ0) is 17.2. The standard InChI is InChI=1S/C19H22N4OS/c1-2-15-17-18(22-21-15)20-16(13-6-4-3-5-7-13)12-23(19(17)24)14-8-10-25-11-9-14/h3-7,14H,2,8-12H2,1H3,(H,21,22). The molecule has 4 rings (SSSR count). The molecule has 1 amide bonds. The second-order valence-electron chi connectivity index (χ2n) is 6.46. The van der Waals surface area contributed by atoms with Gasteiger partial charge in [0.15, 0.2) is 5.82 Å². The fourth-order valence-electron chi connectivity index (χ4n) is 3.55. The van der Waals surface area contributed by atoms with Gasteiger partial charge in [0.2, 0.25) is 0 Å². The molecule has 5 nitrogen and oxygen atoms in total. The van der Waals surface area contributed by atoms with Crippen molar-refractivity contribution < 1.29 is 4.79 Å². The van der Waals surface area contributed by atoms with E-state index < -0.39 is 0 Å². The van der Waals surface area contributed by atoms with Crippen molar-refractivity contribution in [3.8, 4) is 0 Å². The molecule has 0 bridgehead atoms. The maximum Gasteiger partial charge on any atom is 0.260 e. The summed E-state index contributed by atoms with van der Waals surface area (Å²) in [6.45, 7) is 2.59. The van der Waals surface area contributed by atoms with Gasteiger partial charge in [0.25, 0.3) is 5.91 Å². The molecule has 0 atom stereocenters. The Bertz CT molecular complexity index is 793. The number of carbonyl (C=O) groups is 1. The van der Waals surface area contributed by atoms with Crippen molar-refractivity contribution in [3.05, 3.63) is 47.2 Å². The number of thioether (sulfide) groups is 1. The summed E-state index contributed by atoms with van der Waals surface area (Å²) in [5.74, 6) is 2.84. The number of fused-ring (bicyclic) bond motifs is 1. The van der Waals surface area contributed by atoms with Crippen LogP contribution in [0.4, 0.5) is 5.82 Å². The van der Waals surface area contributed by atoms with Crippen LogP contribution < -0.4 is 0 Å². The van der Waals surface area contributed by atoms with Gasteiger partial charge in [-0.1, -0.05) is 37.3 Å². The molecule has 0 aliphatic carbocycles. The molecule has 0 unspecified atom stereocenters. The molecule has 0 saturated carbocycles. The lowest BCUT2D eigenvalue weighted by Gasteiger charge is -2.33. The molecule has 2 aliphatic rings. The van der Waals surface area contributed by atoms with Crippen molar-refractivity contribution in [2.24, 2.45) is 4.99 Å². The Kier molecular flexibility index (Phi) is 4.61. The van der Waals surface area contributed by atoms with Crippen molar-refractivity contribution in [3.63, 3.8) is 0 Å². The molecule has 130 valence electrons. The molecule has 0 radical (unpaired) electrons. The minimum absolute atomic E-state index is 0.0761. The number of aliphatic imine (C=N–C) groups is 1. The summed E-state index contributed by atoms with van der Waals surface area (Å²) < 4.78 is 0. The topological polar surface area (TPSA) is 61.4 Å². The number of nitrogens with zero attached hydrogens (tertiary/aromatic N) is 3. The van der Waals surface area contributed by atoms with E-state index in [1.54, 1.807) is 0 Å². The summed E-state index contributed by atoms with van der Waals surface area (Å²) in [5.41, 5.74) is 3.51. The van der Waals surface area contributed by atoms with Crippen LogP contribution in [0, 0.1) is 0 Å². The van der Waals surface area contributed by atoms with E-state index in [2.05, 4.69) is 22.3 Å². The molecule has 1 fully saturated rings. The highest BCUT2D eigenvalue weighted by molar-refractivity contribution is 7.99. The van der Waals surface area contributed by atoms with E-state index in [1.807, 2.05) is 41.8 Å². The van der Waals surface area contributed by atoms with Crippen LogP contribution in [0.1, 0.15) is 41.4 Å². The van der Waals surface area contributed by atoms with Gasteiger partial charge in [-0.2, -0.15) is 16.9 Å².